The van der Waals surface area contributed by atoms with Gasteiger partial charge in [0.25, 0.3) is 5.89 Å². The molecule has 2 rings (SSSR count). The van der Waals surface area contributed by atoms with Gasteiger partial charge in [-0.15, -0.1) is 0 Å². The highest BCUT2D eigenvalue weighted by Crippen LogP contribution is 2.31. The van der Waals surface area contributed by atoms with Crippen molar-refractivity contribution < 1.29 is 22.8 Å². The predicted molar refractivity (Wildman–Crippen MR) is 73.3 cm³/mol. The summed E-state index contributed by atoms with van der Waals surface area (Å²) < 4.78 is 42.3. The van der Waals surface area contributed by atoms with Gasteiger partial charge in [-0.25, -0.2) is 8.78 Å². The minimum atomic E-state index is -1.01. The highest BCUT2D eigenvalue weighted by atomic mass is 79.9. The lowest BCUT2D eigenvalue weighted by atomic mass is 10.2. The smallest absolute Gasteiger partial charge is 0.283 e. The van der Waals surface area contributed by atoms with E-state index in [1.165, 1.54) is 6.07 Å². The van der Waals surface area contributed by atoms with Crippen LogP contribution in [0.1, 0.15) is 26.0 Å². The Hall–Kier alpha value is -1.38. The van der Waals surface area contributed by atoms with Gasteiger partial charge in [0.05, 0.1) is 4.47 Å². The van der Waals surface area contributed by atoms with E-state index in [2.05, 4.69) is 26.1 Å². The van der Waals surface area contributed by atoms with Gasteiger partial charge in [-0.3, -0.25) is 0 Å². The van der Waals surface area contributed by atoms with Crippen molar-refractivity contribution in [2.75, 3.05) is 13.2 Å². The molecule has 1 heterocycles. The first-order valence-electron chi connectivity index (χ1n) is 6.29. The molecule has 114 valence electrons. The molecule has 0 saturated heterocycles. The molecular weight excluding hydrogens is 350 g/mol. The zero-order valence-electron chi connectivity index (χ0n) is 11.4. The van der Waals surface area contributed by atoms with E-state index < -0.39 is 17.9 Å². The van der Waals surface area contributed by atoms with Crippen LogP contribution in [0.5, 0.6) is 0 Å². The lowest BCUT2D eigenvalue weighted by Gasteiger charge is -2.11. The fourth-order valence-corrected chi connectivity index (χ4v) is 2.13. The van der Waals surface area contributed by atoms with Crippen LogP contribution in [-0.2, 0) is 9.47 Å². The molecule has 0 aliphatic heterocycles. The lowest BCUT2D eigenvalue weighted by molar-refractivity contribution is -0.155. The van der Waals surface area contributed by atoms with E-state index in [1.807, 2.05) is 0 Å². The van der Waals surface area contributed by atoms with Crippen molar-refractivity contribution in [3.63, 3.8) is 0 Å². The number of aromatic nitrogens is 2. The molecule has 8 heteroatoms. The van der Waals surface area contributed by atoms with E-state index in [1.54, 1.807) is 13.8 Å². The Kier molecular flexibility index (Phi) is 5.38. The minimum Gasteiger partial charge on any atom is -0.345 e. The third-order valence-electron chi connectivity index (χ3n) is 2.56. The number of rotatable bonds is 6. The maximum Gasteiger partial charge on any atom is 0.283 e. The summed E-state index contributed by atoms with van der Waals surface area (Å²) in [7, 11) is 0. The topological polar surface area (TPSA) is 57.4 Å². The van der Waals surface area contributed by atoms with E-state index in [0.717, 1.165) is 6.07 Å². The van der Waals surface area contributed by atoms with E-state index in [-0.39, 0.29) is 21.8 Å². The second-order valence-corrected chi connectivity index (χ2v) is 4.71. The van der Waals surface area contributed by atoms with Crippen LogP contribution in [0.3, 0.4) is 0 Å². The molecule has 0 N–H and O–H groups in total. The molecule has 0 fully saturated rings. The van der Waals surface area contributed by atoms with Gasteiger partial charge in [0.1, 0.15) is 0 Å². The first-order valence-corrected chi connectivity index (χ1v) is 7.08. The summed E-state index contributed by atoms with van der Waals surface area (Å²) in [6.45, 7) is 4.40. The summed E-state index contributed by atoms with van der Waals surface area (Å²) in [5.74, 6) is -1.74. The fraction of sp³-hybridized carbons (Fsp3) is 0.385. The quantitative estimate of drug-likeness (QED) is 0.577. The van der Waals surface area contributed by atoms with Gasteiger partial charge in [-0.1, -0.05) is 5.16 Å². The van der Waals surface area contributed by atoms with Crippen molar-refractivity contribution in [2.24, 2.45) is 0 Å². The molecular formula is C13H13BrF2N2O3. The van der Waals surface area contributed by atoms with Crippen molar-refractivity contribution >= 4 is 15.9 Å². The Morgan fingerprint density at radius 1 is 1.24 bits per heavy atom. The van der Waals surface area contributed by atoms with Gasteiger partial charge < -0.3 is 14.0 Å². The number of ether oxygens (including phenoxy) is 2. The molecule has 21 heavy (non-hydrogen) atoms. The van der Waals surface area contributed by atoms with E-state index in [4.69, 9.17) is 14.0 Å². The second-order valence-electron chi connectivity index (χ2n) is 3.92. The Morgan fingerprint density at radius 3 is 2.52 bits per heavy atom. The molecule has 1 aromatic heterocycles. The largest absolute Gasteiger partial charge is 0.345 e. The molecule has 0 atom stereocenters. The Labute approximate surface area is 128 Å². The maximum absolute atomic E-state index is 13.5. The van der Waals surface area contributed by atoms with Crippen molar-refractivity contribution in [3.8, 4) is 11.4 Å². The van der Waals surface area contributed by atoms with Crippen LogP contribution in [0.15, 0.2) is 21.1 Å². The molecule has 0 amide bonds. The standard InChI is InChI=1S/C13H13BrF2N2O3/c1-3-19-13(20-4-2)12-17-11(18-21-12)7-5-6-8(15)10(16)9(7)14/h5-6,13H,3-4H2,1-2H3. The Morgan fingerprint density at radius 2 is 1.90 bits per heavy atom. The van der Waals surface area contributed by atoms with Crippen molar-refractivity contribution in [2.45, 2.75) is 20.1 Å². The van der Waals surface area contributed by atoms with Crippen LogP contribution < -0.4 is 0 Å². The first-order chi connectivity index (χ1) is 10.1. The van der Waals surface area contributed by atoms with Gasteiger partial charge >= 0.3 is 0 Å². The summed E-state index contributed by atoms with van der Waals surface area (Å²) in [5.41, 5.74) is 0.274. The summed E-state index contributed by atoms with van der Waals surface area (Å²) in [5, 5.41) is 3.74. The van der Waals surface area contributed by atoms with E-state index in [0.29, 0.717) is 13.2 Å². The highest BCUT2D eigenvalue weighted by Gasteiger charge is 2.22. The SMILES string of the molecule is CCOC(OCC)c1nc(-c2ccc(F)c(F)c2Br)no1. The average molecular weight is 363 g/mol. The molecule has 0 aliphatic rings. The fourth-order valence-electron chi connectivity index (χ4n) is 1.63. The molecule has 0 aliphatic carbocycles. The molecule has 2 aromatic rings. The van der Waals surface area contributed by atoms with Gasteiger partial charge in [0, 0.05) is 18.8 Å². The van der Waals surface area contributed by atoms with Crippen LogP contribution in [0.25, 0.3) is 11.4 Å². The van der Waals surface area contributed by atoms with Crippen molar-refractivity contribution in [1.82, 2.24) is 10.1 Å². The van der Waals surface area contributed by atoms with E-state index >= 15 is 0 Å². The lowest BCUT2D eigenvalue weighted by Crippen LogP contribution is -2.09. The zero-order chi connectivity index (χ0) is 15.4. The van der Waals surface area contributed by atoms with Crippen LogP contribution in [0.2, 0.25) is 0 Å². The maximum atomic E-state index is 13.5. The summed E-state index contributed by atoms with van der Waals surface area (Å²) in [4.78, 5) is 4.10. The summed E-state index contributed by atoms with van der Waals surface area (Å²) in [6.07, 6.45) is -0.787. The second kappa shape index (κ2) is 7.06. The number of nitrogens with zero attached hydrogens (tertiary/aromatic N) is 2. The van der Waals surface area contributed by atoms with Crippen molar-refractivity contribution in [3.05, 3.63) is 34.1 Å². The van der Waals surface area contributed by atoms with Gasteiger partial charge in [0.15, 0.2) is 11.6 Å². The van der Waals surface area contributed by atoms with Crippen LogP contribution in [-0.4, -0.2) is 23.4 Å². The Balaban J connectivity index is 2.33. The Bertz CT molecular complexity index is 615. The first kappa shape index (κ1) is 16.0. The number of benzene rings is 1. The van der Waals surface area contributed by atoms with Crippen LogP contribution >= 0.6 is 15.9 Å². The van der Waals surface area contributed by atoms with Crippen LogP contribution in [0.4, 0.5) is 8.78 Å². The molecule has 0 radical (unpaired) electrons. The highest BCUT2D eigenvalue weighted by molar-refractivity contribution is 9.10. The third kappa shape index (κ3) is 3.45. The van der Waals surface area contributed by atoms with Gasteiger partial charge in [0.2, 0.25) is 12.1 Å². The molecule has 0 bridgehead atoms. The molecule has 0 unspecified atom stereocenters. The molecule has 0 saturated carbocycles. The average Bonchev–Trinajstić information content (AvgIpc) is 2.94. The summed E-state index contributed by atoms with van der Waals surface area (Å²) >= 11 is 2.98. The summed E-state index contributed by atoms with van der Waals surface area (Å²) in [6, 6.07) is 2.35. The minimum absolute atomic E-state index is 0.0702. The van der Waals surface area contributed by atoms with Crippen LogP contribution in [0, 0.1) is 11.6 Å². The van der Waals surface area contributed by atoms with Gasteiger partial charge in [-0.2, -0.15) is 4.98 Å². The molecule has 0 spiro atoms. The van der Waals surface area contributed by atoms with E-state index in [9.17, 15) is 8.78 Å². The monoisotopic (exact) mass is 362 g/mol. The van der Waals surface area contributed by atoms with Crippen molar-refractivity contribution in [1.29, 1.82) is 0 Å². The normalized spacial score (nSPS) is 11.3. The number of hydrogen-bond acceptors (Lipinski definition) is 5. The zero-order valence-corrected chi connectivity index (χ0v) is 13.0. The number of hydrogen-bond donors (Lipinski definition) is 0. The number of halogens is 3. The van der Waals surface area contributed by atoms with Gasteiger partial charge in [-0.05, 0) is 41.9 Å². The predicted octanol–water partition coefficient (Wildman–Crippen LogP) is 3.85. The third-order valence-corrected chi connectivity index (χ3v) is 3.33. The molecule has 1 aromatic carbocycles. The molecule has 5 nitrogen and oxygen atoms in total.